The number of esters is 3. The predicted octanol–water partition coefficient (Wildman–Crippen LogP) is 20.0. The molecule has 1 unspecified atom stereocenters. The van der Waals surface area contributed by atoms with Crippen molar-refractivity contribution in [3.8, 4) is 0 Å². The van der Waals surface area contributed by atoms with Crippen molar-refractivity contribution in [3.63, 3.8) is 0 Å². The number of hydrogen-bond donors (Lipinski definition) is 0. The van der Waals surface area contributed by atoms with Crippen molar-refractivity contribution < 1.29 is 28.6 Å². The second-order valence-electron chi connectivity index (χ2n) is 19.9. The van der Waals surface area contributed by atoms with Gasteiger partial charge in [0, 0.05) is 19.3 Å². The Morgan fingerprint density at radius 2 is 0.565 bits per heavy atom. The van der Waals surface area contributed by atoms with Crippen molar-refractivity contribution >= 4 is 17.9 Å². The van der Waals surface area contributed by atoms with Gasteiger partial charge in [-0.2, -0.15) is 0 Å². The lowest BCUT2D eigenvalue weighted by molar-refractivity contribution is -0.167. The van der Waals surface area contributed by atoms with Crippen LogP contribution in [0, 0.1) is 0 Å². The SMILES string of the molecule is CC/C=C\C/C=C\C/C=C\CCCCCCCCCC(=O)OC(COC(=O)CCCCCCC/C=C\CCCCCC)COC(=O)CCCCCCCCCCC/C=C\CCCCCCCCCC. The zero-order valence-corrected chi connectivity index (χ0v) is 45.8. The summed E-state index contributed by atoms with van der Waals surface area (Å²) in [7, 11) is 0. The molecule has 0 amide bonds. The second kappa shape index (κ2) is 57.7. The summed E-state index contributed by atoms with van der Waals surface area (Å²) < 4.78 is 16.9. The molecule has 1 atom stereocenters. The van der Waals surface area contributed by atoms with Crippen LogP contribution in [0.5, 0.6) is 0 Å². The molecular weight excluding hydrogens is 853 g/mol. The summed E-state index contributed by atoms with van der Waals surface area (Å²) in [5, 5.41) is 0. The second-order valence-corrected chi connectivity index (χ2v) is 19.9. The van der Waals surface area contributed by atoms with Crippen LogP contribution in [0.4, 0.5) is 0 Å². The van der Waals surface area contributed by atoms with E-state index in [2.05, 4.69) is 81.5 Å². The molecule has 0 saturated heterocycles. The van der Waals surface area contributed by atoms with Gasteiger partial charge in [-0.15, -0.1) is 0 Å². The lowest BCUT2D eigenvalue weighted by Gasteiger charge is -2.18. The van der Waals surface area contributed by atoms with Crippen molar-refractivity contribution in [2.24, 2.45) is 0 Å². The smallest absolute Gasteiger partial charge is 0.306 e. The predicted molar refractivity (Wildman–Crippen MR) is 298 cm³/mol. The van der Waals surface area contributed by atoms with Crippen molar-refractivity contribution in [1.29, 1.82) is 0 Å². The van der Waals surface area contributed by atoms with Gasteiger partial charge in [0.1, 0.15) is 13.2 Å². The summed E-state index contributed by atoms with van der Waals surface area (Å²) in [5.41, 5.74) is 0. The third kappa shape index (κ3) is 55.9. The monoisotopic (exact) mass is 965 g/mol. The minimum atomic E-state index is -0.783. The van der Waals surface area contributed by atoms with Gasteiger partial charge in [-0.1, -0.05) is 242 Å². The average molecular weight is 966 g/mol. The van der Waals surface area contributed by atoms with Crippen LogP contribution in [0.25, 0.3) is 0 Å². The molecule has 0 spiro atoms. The van der Waals surface area contributed by atoms with Gasteiger partial charge >= 0.3 is 17.9 Å². The molecule has 0 heterocycles. The van der Waals surface area contributed by atoms with Crippen molar-refractivity contribution in [2.45, 2.75) is 309 Å². The Hall–Kier alpha value is -2.89. The first-order chi connectivity index (χ1) is 34.0. The van der Waals surface area contributed by atoms with Crippen molar-refractivity contribution in [3.05, 3.63) is 60.8 Å². The Morgan fingerprint density at radius 3 is 0.913 bits per heavy atom. The fourth-order valence-corrected chi connectivity index (χ4v) is 8.51. The standard InChI is InChI=1S/C63H112O6/c1-4-7-10-13-16-19-22-25-27-29-30-31-32-34-35-38-41-44-47-50-53-56-62(65)68-59-60(58-67-61(64)55-52-49-46-43-40-37-24-21-18-15-12-9-6-3)69-63(66)57-54-51-48-45-42-39-36-33-28-26-23-20-17-14-11-8-5-2/h8,11,17,20-21,24,26,28-30,60H,4-7,9-10,12-16,18-19,22-23,25,27,31-59H2,1-3H3/b11-8-,20-17-,24-21-,28-26-,30-29-. The highest BCUT2D eigenvalue weighted by atomic mass is 16.6. The Morgan fingerprint density at radius 1 is 0.304 bits per heavy atom. The van der Waals surface area contributed by atoms with Crippen LogP contribution < -0.4 is 0 Å². The van der Waals surface area contributed by atoms with E-state index >= 15 is 0 Å². The normalized spacial score (nSPS) is 12.4. The molecule has 0 fully saturated rings. The molecule has 0 N–H and O–H groups in total. The first-order valence-electron chi connectivity index (χ1n) is 29.8. The van der Waals surface area contributed by atoms with Crippen LogP contribution in [0.15, 0.2) is 60.8 Å². The zero-order valence-electron chi connectivity index (χ0n) is 45.8. The highest BCUT2D eigenvalue weighted by Gasteiger charge is 2.19. The largest absolute Gasteiger partial charge is 0.462 e. The zero-order chi connectivity index (χ0) is 50.0. The molecule has 0 radical (unpaired) electrons. The molecule has 0 aliphatic heterocycles. The maximum atomic E-state index is 12.9. The molecule has 0 rings (SSSR count). The number of carbonyl (C=O) groups excluding carboxylic acids is 3. The summed E-state index contributed by atoms with van der Waals surface area (Å²) >= 11 is 0. The first kappa shape index (κ1) is 66.1. The lowest BCUT2D eigenvalue weighted by atomic mass is 10.1. The molecule has 6 heteroatoms. The van der Waals surface area contributed by atoms with E-state index < -0.39 is 6.10 Å². The van der Waals surface area contributed by atoms with E-state index in [1.54, 1.807) is 0 Å². The lowest BCUT2D eigenvalue weighted by Crippen LogP contribution is -2.30. The summed E-state index contributed by atoms with van der Waals surface area (Å²) in [4.78, 5) is 38.2. The molecule has 0 aromatic heterocycles. The Bertz CT molecular complexity index is 1250. The molecule has 0 saturated carbocycles. The van der Waals surface area contributed by atoms with E-state index in [9.17, 15) is 14.4 Å². The van der Waals surface area contributed by atoms with E-state index in [0.29, 0.717) is 19.3 Å². The number of rotatable bonds is 54. The van der Waals surface area contributed by atoms with E-state index in [0.717, 1.165) is 89.9 Å². The van der Waals surface area contributed by atoms with Gasteiger partial charge in [-0.3, -0.25) is 14.4 Å². The Labute approximate surface area is 428 Å². The van der Waals surface area contributed by atoms with Gasteiger partial charge in [-0.05, 0) is 103 Å². The third-order valence-electron chi connectivity index (χ3n) is 13.0. The molecule has 0 aliphatic carbocycles. The van der Waals surface area contributed by atoms with Gasteiger partial charge in [0.25, 0.3) is 0 Å². The van der Waals surface area contributed by atoms with Crippen LogP contribution in [0.2, 0.25) is 0 Å². The molecule has 0 bridgehead atoms. The number of allylic oxidation sites excluding steroid dienone is 10. The molecule has 6 nitrogen and oxygen atoms in total. The third-order valence-corrected chi connectivity index (χ3v) is 13.0. The summed E-state index contributed by atoms with van der Waals surface area (Å²) in [6, 6.07) is 0. The molecular formula is C63H112O6. The quantitative estimate of drug-likeness (QED) is 0.0262. The number of carbonyl (C=O) groups is 3. The topological polar surface area (TPSA) is 78.9 Å². The molecule has 0 aliphatic rings. The highest BCUT2D eigenvalue weighted by molar-refractivity contribution is 5.71. The maximum absolute atomic E-state index is 12.9. The molecule has 0 aromatic carbocycles. The summed E-state index contributed by atoms with van der Waals surface area (Å²) in [6.07, 6.45) is 72.1. The van der Waals surface area contributed by atoms with Crippen molar-refractivity contribution in [1.82, 2.24) is 0 Å². The minimum absolute atomic E-state index is 0.0807. The number of hydrogen-bond acceptors (Lipinski definition) is 6. The first-order valence-corrected chi connectivity index (χ1v) is 29.8. The van der Waals surface area contributed by atoms with Crippen LogP contribution in [0.1, 0.15) is 303 Å². The van der Waals surface area contributed by atoms with Gasteiger partial charge < -0.3 is 14.2 Å². The Balaban J connectivity index is 4.34. The van der Waals surface area contributed by atoms with E-state index in [-0.39, 0.29) is 31.1 Å². The summed E-state index contributed by atoms with van der Waals surface area (Å²) in [5.74, 6) is -0.890. The fourth-order valence-electron chi connectivity index (χ4n) is 8.51. The number of ether oxygens (including phenoxy) is 3. The molecule has 400 valence electrons. The summed E-state index contributed by atoms with van der Waals surface area (Å²) in [6.45, 7) is 6.53. The van der Waals surface area contributed by atoms with E-state index in [1.807, 2.05) is 0 Å². The highest BCUT2D eigenvalue weighted by Crippen LogP contribution is 2.16. The Kier molecular flexibility index (Phi) is 55.3. The fraction of sp³-hybridized carbons (Fsp3) is 0.794. The van der Waals surface area contributed by atoms with E-state index in [1.165, 1.54) is 173 Å². The van der Waals surface area contributed by atoms with Crippen molar-refractivity contribution in [2.75, 3.05) is 13.2 Å². The van der Waals surface area contributed by atoms with Crippen LogP contribution in [0.3, 0.4) is 0 Å². The van der Waals surface area contributed by atoms with Gasteiger partial charge in [0.2, 0.25) is 0 Å². The molecule has 0 aromatic rings. The number of unbranched alkanes of at least 4 members (excludes halogenated alkanes) is 33. The maximum Gasteiger partial charge on any atom is 0.306 e. The van der Waals surface area contributed by atoms with Gasteiger partial charge in [0.15, 0.2) is 6.10 Å². The van der Waals surface area contributed by atoms with E-state index in [4.69, 9.17) is 14.2 Å². The molecule has 69 heavy (non-hydrogen) atoms. The van der Waals surface area contributed by atoms with Crippen LogP contribution in [-0.4, -0.2) is 37.2 Å². The van der Waals surface area contributed by atoms with Crippen LogP contribution >= 0.6 is 0 Å². The average Bonchev–Trinajstić information content (AvgIpc) is 3.35. The minimum Gasteiger partial charge on any atom is -0.462 e. The van der Waals surface area contributed by atoms with Gasteiger partial charge in [-0.25, -0.2) is 0 Å². The van der Waals surface area contributed by atoms with Gasteiger partial charge in [0.05, 0.1) is 0 Å². The van der Waals surface area contributed by atoms with Crippen LogP contribution in [-0.2, 0) is 28.6 Å².